The fraction of sp³-hybridized carbons (Fsp3) is 0.500. The van der Waals surface area contributed by atoms with E-state index in [4.69, 9.17) is 0 Å². The summed E-state index contributed by atoms with van der Waals surface area (Å²) < 4.78 is 19.0. The van der Waals surface area contributed by atoms with E-state index in [1.165, 1.54) is 0 Å². The van der Waals surface area contributed by atoms with Crippen LogP contribution in [0.2, 0.25) is 0 Å². The topological polar surface area (TPSA) is 69.7 Å². The van der Waals surface area contributed by atoms with Crippen molar-refractivity contribution in [2.75, 3.05) is 13.2 Å². The van der Waals surface area contributed by atoms with Gasteiger partial charge in [-0.05, 0) is 0 Å². The summed E-state index contributed by atoms with van der Waals surface area (Å²) in [4.78, 5) is 19.2. The predicted octanol–water partition coefficient (Wildman–Crippen LogP) is -0.193. The largest absolute Gasteiger partial charge is 0.319 e. The van der Waals surface area contributed by atoms with Gasteiger partial charge in [0.1, 0.15) is 25.8 Å². The molecular weight excluding hydrogens is 159 g/mol. The highest BCUT2D eigenvalue weighted by molar-refractivity contribution is 7.33. The molecule has 0 unspecified atom stereocenters. The molecule has 0 aromatic heterocycles. The molecule has 0 radical (unpaired) electrons. The quantitative estimate of drug-likeness (QED) is 0.404. The Morgan fingerprint density at radius 3 is 1.80 bits per heavy atom. The smallest absolute Gasteiger partial charge is 0.303 e. The van der Waals surface area contributed by atoms with E-state index in [1.54, 1.807) is 0 Å². The van der Waals surface area contributed by atoms with Gasteiger partial charge in [0.05, 0.1) is 0 Å². The Morgan fingerprint density at radius 1 is 1.10 bits per heavy atom. The Kier molecular flexibility index (Phi) is 6.27. The first-order chi connectivity index (χ1) is 4.81. The summed E-state index contributed by atoms with van der Waals surface area (Å²) in [6.07, 6.45) is 0.902. The van der Waals surface area contributed by atoms with Gasteiger partial charge in [-0.15, -0.1) is 0 Å². The van der Waals surface area contributed by atoms with Crippen molar-refractivity contribution in [3.8, 4) is 0 Å². The molecule has 0 aliphatic carbocycles. The van der Waals surface area contributed by atoms with Gasteiger partial charge in [-0.2, -0.15) is 0 Å². The molecule has 0 aliphatic heterocycles. The number of hydrogen-bond acceptors (Lipinski definition) is 5. The zero-order chi connectivity index (χ0) is 7.82. The minimum atomic E-state index is -2.63. The van der Waals surface area contributed by atoms with E-state index in [0.29, 0.717) is 12.6 Å². The second-order valence-corrected chi connectivity index (χ2v) is 2.28. The van der Waals surface area contributed by atoms with Crippen molar-refractivity contribution < 1.29 is 23.2 Å². The SMILES string of the molecule is O=CCO[PH](=O)OCC=O. The summed E-state index contributed by atoms with van der Waals surface area (Å²) >= 11 is 0. The molecule has 0 saturated heterocycles. The standard InChI is InChI=1S/C4H7O5P/c5-1-3-8-10(7)9-4-2-6/h1-2,10H,3-4H2. The van der Waals surface area contributed by atoms with Gasteiger partial charge in [0.15, 0.2) is 0 Å². The highest BCUT2D eigenvalue weighted by atomic mass is 31.1. The lowest BCUT2D eigenvalue weighted by molar-refractivity contribution is -0.109. The van der Waals surface area contributed by atoms with Crippen LogP contribution in [-0.4, -0.2) is 25.8 Å². The second-order valence-electron chi connectivity index (χ2n) is 1.21. The number of rotatable bonds is 6. The van der Waals surface area contributed by atoms with Crippen molar-refractivity contribution in [1.29, 1.82) is 0 Å². The molecule has 0 heterocycles. The van der Waals surface area contributed by atoms with E-state index in [1.807, 2.05) is 0 Å². The Bertz CT molecular complexity index is 120. The molecule has 0 aromatic carbocycles. The predicted molar refractivity (Wildman–Crippen MR) is 33.0 cm³/mol. The first-order valence-electron chi connectivity index (χ1n) is 2.48. The third-order valence-corrected chi connectivity index (χ3v) is 1.34. The van der Waals surface area contributed by atoms with Crippen molar-refractivity contribution in [2.45, 2.75) is 0 Å². The van der Waals surface area contributed by atoms with E-state index in [9.17, 15) is 14.2 Å². The fourth-order valence-corrected chi connectivity index (χ4v) is 0.737. The average Bonchev–Trinajstić information content (AvgIpc) is 1.97. The van der Waals surface area contributed by atoms with Crippen molar-refractivity contribution in [3.05, 3.63) is 0 Å². The lowest BCUT2D eigenvalue weighted by Crippen LogP contribution is -1.91. The molecule has 0 rings (SSSR count). The van der Waals surface area contributed by atoms with E-state index in [0.717, 1.165) is 0 Å². The van der Waals surface area contributed by atoms with Gasteiger partial charge in [0.25, 0.3) is 0 Å². The van der Waals surface area contributed by atoms with Gasteiger partial charge < -0.3 is 18.6 Å². The maximum absolute atomic E-state index is 10.4. The van der Waals surface area contributed by atoms with Crippen LogP contribution in [0, 0.1) is 0 Å². The molecule has 0 saturated carbocycles. The van der Waals surface area contributed by atoms with Crippen molar-refractivity contribution in [1.82, 2.24) is 0 Å². The first kappa shape index (κ1) is 9.49. The van der Waals surface area contributed by atoms with Gasteiger partial charge in [-0.1, -0.05) is 0 Å². The number of hydrogen-bond donors (Lipinski definition) is 0. The van der Waals surface area contributed by atoms with Crippen LogP contribution in [0.1, 0.15) is 0 Å². The summed E-state index contributed by atoms with van der Waals surface area (Å²) in [7, 11) is -2.63. The summed E-state index contributed by atoms with van der Waals surface area (Å²) in [6.45, 7) is -0.534. The monoisotopic (exact) mass is 166 g/mol. The summed E-state index contributed by atoms with van der Waals surface area (Å²) in [5, 5.41) is 0. The van der Waals surface area contributed by atoms with Crippen LogP contribution < -0.4 is 0 Å². The number of carbonyl (C=O) groups is 2. The van der Waals surface area contributed by atoms with Gasteiger partial charge in [-0.25, -0.2) is 0 Å². The van der Waals surface area contributed by atoms with Crippen molar-refractivity contribution >= 4 is 20.8 Å². The molecule has 0 aromatic rings. The van der Waals surface area contributed by atoms with Crippen LogP contribution >= 0.6 is 8.25 Å². The van der Waals surface area contributed by atoms with Crippen LogP contribution in [-0.2, 0) is 23.2 Å². The maximum atomic E-state index is 10.4. The van der Waals surface area contributed by atoms with Gasteiger partial charge in [-0.3, -0.25) is 4.57 Å². The molecule has 0 aliphatic rings. The van der Waals surface area contributed by atoms with Crippen molar-refractivity contribution in [2.24, 2.45) is 0 Å². The fourth-order valence-electron chi connectivity index (χ4n) is 0.246. The van der Waals surface area contributed by atoms with Gasteiger partial charge >= 0.3 is 8.25 Å². The van der Waals surface area contributed by atoms with Crippen LogP contribution in [0.15, 0.2) is 0 Å². The van der Waals surface area contributed by atoms with Crippen molar-refractivity contribution in [3.63, 3.8) is 0 Å². The average molecular weight is 166 g/mol. The highest BCUT2D eigenvalue weighted by Gasteiger charge is 1.95. The second kappa shape index (κ2) is 6.61. The molecular formula is C4H7O5P. The number of carbonyl (C=O) groups excluding carboxylic acids is 2. The third kappa shape index (κ3) is 5.62. The zero-order valence-electron chi connectivity index (χ0n) is 5.11. The number of aldehydes is 2. The Hall–Kier alpha value is -0.510. The van der Waals surface area contributed by atoms with Crippen LogP contribution in [0.3, 0.4) is 0 Å². The van der Waals surface area contributed by atoms with Crippen LogP contribution in [0.4, 0.5) is 0 Å². The third-order valence-electron chi connectivity index (χ3n) is 0.538. The molecule has 0 N–H and O–H groups in total. The summed E-state index contributed by atoms with van der Waals surface area (Å²) in [5.74, 6) is 0. The minimum absolute atomic E-state index is 0.267. The normalized spacial score (nSPS) is 9.70. The van der Waals surface area contributed by atoms with E-state index >= 15 is 0 Å². The van der Waals surface area contributed by atoms with E-state index in [2.05, 4.69) is 9.05 Å². The van der Waals surface area contributed by atoms with Gasteiger partial charge in [0, 0.05) is 0 Å². The molecule has 5 nitrogen and oxygen atoms in total. The summed E-state index contributed by atoms with van der Waals surface area (Å²) in [6, 6.07) is 0. The Labute approximate surface area is 58.3 Å². The molecule has 0 fully saturated rings. The van der Waals surface area contributed by atoms with E-state index in [-0.39, 0.29) is 13.2 Å². The molecule has 0 atom stereocenters. The first-order valence-corrected chi connectivity index (χ1v) is 3.70. The highest BCUT2D eigenvalue weighted by Crippen LogP contribution is 2.21. The zero-order valence-corrected chi connectivity index (χ0v) is 6.11. The maximum Gasteiger partial charge on any atom is 0.319 e. The molecule has 0 spiro atoms. The molecule has 0 bridgehead atoms. The minimum Gasteiger partial charge on any atom is -0.303 e. The molecule has 58 valence electrons. The Morgan fingerprint density at radius 2 is 1.50 bits per heavy atom. The lowest BCUT2D eigenvalue weighted by atomic mass is 10.9. The van der Waals surface area contributed by atoms with Crippen LogP contribution in [0.25, 0.3) is 0 Å². The Balaban J connectivity index is 3.24. The summed E-state index contributed by atoms with van der Waals surface area (Å²) in [5.41, 5.74) is 0. The molecule has 6 heteroatoms. The van der Waals surface area contributed by atoms with E-state index < -0.39 is 8.25 Å². The van der Waals surface area contributed by atoms with Gasteiger partial charge in [0.2, 0.25) is 0 Å². The molecule has 0 amide bonds. The molecule has 10 heavy (non-hydrogen) atoms. The van der Waals surface area contributed by atoms with Crippen LogP contribution in [0.5, 0.6) is 0 Å². The lowest BCUT2D eigenvalue weighted by Gasteiger charge is -1.96.